The second-order valence-corrected chi connectivity index (χ2v) is 10.8. The van der Waals surface area contributed by atoms with Gasteiger partial charge in [0.05, 0.1) is 0 Å². The second kappa shape index (κ2) is 14.0. The van der Waals surface area contributed by atoms with E-state index in [1.807, 2.05) is 0 Å². The molecular formula is C13H15Br2ILiO2S-3. The Bertz CT molecular complexity index is 385. The van der Waals surface area contributed by atoms with E-state index in [0.717, 1.165) is 3.92 Å². The van der Waals surface area contributed by atoms with Gasteiger partial charge >= 0.3 is 82.0 Å². The van der Waals surface area contributed by atoms with Crippen LogP contribution in [0.2, 0.25) is 0 Å². The molecule has 0 N–H and O–H groups in total. The fourth-order valence-corrected chi connectivity index (χ4v) is 5.89. The Morgan fingerprint density at radius 1 is 1.20 bits per heavy atom. The van der Waals surface area contributed by atoms with Crippen LogP contribution in [0, 0.1) is 6.92 Å². The van der Waals surface area contributed by atoms with E-state index >= 15 is 0 Å². The van der Waals surface area contributed by atoms with Gasteiger partial charge in [-0.3, -0.25) is 11.3 Å². The Labute approximate surface area is 164 Å². The van der Waals surface area contributed by atoms with E-state index in [4.69, 9.17) is 0 Å². The summed E-state index contributed by atoms with van der Waals surface area (Å²) in [5, 5.41) is 0. The third-order valence-electron chi connectivity index (χ3n) is 1.99. The predicted molar refractivity (Wildman–Crippen MR) is 83.9 cm³/mol. The van der Waals surface area contributed by atoms with E-state index in [2.05, 4.69) is 52.6 Å². The van der Waals surface area contributed by atoms with Gasteiger partial charge in [-0.25, -0.2) is 11.1 Å². The van der Waals surface area contributed by atoms with Crippen molar-refractivity contribution >= 4 is 55.8 Å². The monoisotopic (exact) mass is 527 g/mol. The van der Waals surface area contributed by atoms with Gasteiger partial charge in [-0.05, 0) is 12.6 Å². The van der Waals surface area contributed by atoms with Crippen molar-refractivity contribution in [3.05, 3.63) is 25.6 Å². The SMILES string of the molecule is O=[C-]c1c(Br)sc(Br)c1[C-]=O.[CH2-]C(CC)[I-]CCC.[Li+]. The van der Waals surface area contributed by atoms with Gasteiger partial charge in [-0.2, -0.15) is 0 Å². The van der Waals surface area contributed by atoms with E-state index < -0.39 is 0 Å². The van der Waals surface area contributed by atoms with Crippen molar-refractivity contribution in [2.75, 3.05) is 4.43 Å². The first-order valence-corrected chi connectivity index (χ1v) is 10.8. The van der Waals surface area contributed by atoms with Crippen LogP contribution >= 0.6 is 43.2 Å². The van der Waals surface area contributed by atoms with E-state index in [-0.39, 0.29) is 30.0 Å². The Hall–Kier alpha value is 1.33. The number of carbonyl (C=O) groups excluding carboxylic acids is 2. The topological polar surface area (TPSA) is 34.1 Å². The number of rotatable bonds is 6. The molecule has 0 saturated heterocycles. The average molecular weight is 529 g/mol. The van der Waals surface area contributed by atoms with Crippen LogP contribution in [-0.2, 0) is 9.59 Å². The van der Waals surface area contributed by atoms with Crippen LogP contribution in [0.25, 0.3) is 0 Å². The second-order valence-electron chi connectivity index (χ2n) is 3.45. The van der Waals surface area contributed by atoms with Crippen molar-refractivity contribution in [3.63, 3.8) is 0 Å². The molecule has 110 valence electrons. The first-order valence-electron chi connectivity index (χ1n) is 5.66. The molecule has 0 aromatic carbocycles. The standard InChI is InChI=1S/C7H15I.C6Br2O2S.Li/c1-4-6-8-7(3)5-2;7-5-3(1-9)4(2-10)6(8)11-5;/h7H,3-6H2,1-2H3;;/q2*-2;+1. The Morgan fingerprint density at radius 2 is 1.65 bits per heavy atom. The first-order chi connectivity index (χ1) is 9.01. The average Bonchev–Trinajstić information content (AvgIpc) is 2.69. The van der Waals surface area contributed by atoms with Crippen molar-refractivity contribution in [2.45, 2.75) is 30.6 Å². The quantitative estimate of drug-likeness (QED) is 0.191. The zero-order chi connectivity index (χ0) is 14.8. The maximum atomic E-state index is 10.3. The minimum atomic E-state index is 0. The fraction of sp³-hybridized carbons (Fsp3) is 0.462. The van der Waals surface area contributed by atoms with Gasteiger partial charge in [0.1, 0.15) is 0 Å². The molecule has 0 bridgehead atoms. The Morgan fingerprint density at radius 3 is 1.95 bits per heavy atom. The van der Waals surface area contributed by atoms with Crippen LogP contribution in [0.5, 0.6) is 0 Å². The van der Waals surface area contributed by atoms with Gasteiger partial charge in [0.25, 0.3) is 0 Å². The minimum absolute atomic E-state index is 0. The molecule has 1 aromatic heterocycles. The molecule has 1 aromatic rings. The summed E-state index contributed by atoms with van der Waals surface area (Å²) in [6.45, 7) is 8.52. The van der Waals surface area contributed by atoms with Crippen molar-refractivity contribution in [1.82, 2.24) is 0 Å². The van der Waals surface area contributed by atoms with Crippen molar-refractivity contribution in [3.8, 4) is 0 Å². The van der Waals surface area contributed by atoms with Crippen molar-refractivity contribution in [1.29, 1.82) is 0 Å². The van der Waals surface area contributed by atoms with Crippen LogP contribution in [0.1, 0.15) is 37.8 Å². The zero-order valence-corrected chi connectivity index (χ0v) is 17.9. The van der Waals surface area contributed by atoms with Crippen LogP contribution < -0.4 is 40.1 Å². The predicted octanol–water partition coefficient (Wildman–Crippen LogP) is -1.71. The zero-order valence-electron chi connectivity index (χ0n) is 11.8. The van der Waals surface area contributed by atoms with Crippen molar-refractivity contribution < 1.29 is 49.7 Å². The smallest absolute Gasteiger partial charge is 1.00 e. The molecule has 1 unspecified atom stereocenters. The molecule has 0 amide bonds. The van der Waals surface area contributed by atoms with E-state index in [9.17, 15) is 9.59 Å². The number of halogens is 3. The summed E-state index contributed by atoms with van der Waals surface area (Å²) in [5.74, 6) is 0. The van der Waals surface area contributed by atoms with Crippen LogP contribution in [0.15, 0.2) is 7.57 Å². The summed E-state index contributed by atoms with van der Waals surface area (Å²) in [7, 11) is 0. The van der Waals surface area contributed by atoms with E-state index in [1.54, 1.807) is 12.6 Å². The van der Waals surface area contributed by atoms with Gasteiger partial charge in [0, 0.05) is 0 Å². The molecule has 1 atom stereocenters. The number of hydrogen-bond acceptors (Lipinski definition) is 3. The number of alkyl halides is 2. The van der Waals surface area contributed by atoms with Gasteiger partial charge in [0.2, 0.25) is 0 Å². The molecule has 0 aliphatic carbocycles. The Balaban J connectivity index is 0. The van der Waals surface area contributed by atoms with Gasteiger partial charge in [0.15, 0.2) is 0 Å². The summed E-state index contributed by atoms with van der Waals surface area (Å²) >= 11 is 7.94. The number of hydrogen-bond donors (Lipinski definition) is 0. The molecule has 7 heteroatoms. The molecule has 0 fully saturated rings. The molecule has 20 heavy (non-hydrogen) atoms. The maximum absolute atomic E-state index is 10.3. The largest absolute Gasteiger partial charge is 1.00 e. The van der Waals surface area contributed by atoms with Crippen LogP contribution in [0.3, 0.4) is 0 Å². The fourth-order valence-electron chi connectivity index (χ4n) is 0.932. The molecule has 0 saturated carbocycles. The molecule has 0 radical (unpaired) electrons. The molecule has 1 heterocycles. The summed E-state index contributed by atoms with van der Waals surface area (Å²) in [4.78, 5) is 20.5. The Kier molecular flexibility index (Phi) is 16.5. The molecular weight excluding hydrogens is 514 g/mol. The maximum Gasteiger partial charge on any atom is 1.00 e. The molecule has 1 rings (SSSR count). The third-order valence-corrected chi connectivity index (χ3v) is 8.34. The van der Waals surface area contributed by atoms with Crippen LogP contribution in [0.4, 0.5) is 0 Å². The summed E-state index contributed by atoms with van der Waals surface area (Å²) in [5.41, 5.74) is 0.466. The van der Waals surface area contributed by atoms with Crippen LogP contribution in [-0.4, -0.2) is 20.9 Å². The molecule has 0 spiro atoms. The van der Waals surface area contributed by atoms with Gasteiger partial charge < -0.3 is 9.59 Å². The van der Waals surface area contributed by atoms with E-state index in [1.165, 1.54) is 28.6 Å². The number of thiophene rings is 1. The normalized spacial score (nSPS) is 11.1. The van der Waals surface area contributed by atoms with Crippen molar-refractivity contribution in [2.24, 2.45) is 0 Å². The third kappa shape index (κ3) is 8.69. The minimum Gasteiger partial charge on any atom is 1.00 e. The summed E-state index contributed by atoms with van der Waals surface area (Å²) in [6.07, 6.45) is 5.96. The molecule has 0 aliphatic rings. The summed E-state index contributed by atoms with van der Waals surface area (Å²) < 4.78 is 3.46. The van der Waals surface area contributed by atoms with E-state index in [0.29, 0.717) is 28.8 Å². The molecule has 2 nitrogen and oxygen atoms in total. The van der Waals surface area contributed by atoms with Gasteiger partial charge in [-0.15, -0.1) is 31.9 Å². The first kappa shape index (κ1) is 23.6. The molecule has 0 aliphatic heterocycles. The van der Waals surface area contributed by atoms with Gasteiger partial charge in [-0.1, -0.05) is 7.57 Å². The summed E-state index contributed by atoms with van der Waals surface area (Å²) in [6, 6.07) is 0.